The first-order valence-corrected chi connectivity index (χ1v) is 6.76. The van der Waals surface area contributed by atoms with Gasteiger partial charge in [0.05, 0.1) is 0 Å². The second kappa shape index (κ2) is 6.41. The van der Waals surface area contributed by atoms with E-state index in [1.807, 2.05) is 0 Å². The molecule has 3 nitrogen and oxygen atoms in total. The minimum Gasteiger partial charge on any atom is -0.323 e. The zero-order valence-electron chi connectivity index (χ0n) is 11.3. The largest absolute Gasteiger partial charge is 0.323 e. The van der Waals surface area contributed by atoms with Crippen molar-refractivity contribution in [2.75, 3.05) is 39.3 Å². The average molecular weight is 269 g/mol. The predicted octanol–water partition coefficient (Wildman–Crippen LogP) is 1.60. The van der Waals surface area contributed by atoms with Gasteiger partial charge in [0.25, 0.3) is 0 Å². The summed E-state index contributed by atoms with van der Waals surface area (Å²) in [5, 5.41) is 0. The smallest absolute Gasteiger partial charge is 0.130 e. The Kier molecular flexibility index (Phi) is 4.85. The first-order chi connectivity index (χ1) is 9.11. The molecule has 1 unspecified atom stereocenters. The number of benzene rings is 1. The molecule has 1 heterocycles. The summed E-state index contributed by atoms with van der Waals surface area (Å²) in [7, 11) is 0. The zero-order chi connectivity index (χ0) is 13.8. The van der Waals surface area contributed by atoms with Crippen LogP contribution in [-0.2, 0) is 0 Å². The predicted molar refractivity (Wildman–Crippen MR) is 71.8 cm³/mol. The summed E-state index contributed by atoms with van der Waals surface area (Å²) in [6, 6.07) is 3.26. The van der Waals surface area contributed by atoms with Crippen molar-refractivity contribution >= 4 is 0 Å². The molecule has 0 aromatic heterocycles. The van der Waals surface area contributed by atoms with Crippen molar-refractivity contribution in [1.82, 2.24) is 9.80 Å². The van der Waals surface area contributed by atoms with Gasteiger partial charge in [0.2, 0.25) is 0 Å². The molecule has 0 aliphatic carbocycles. The Balaban J connectivity index is 1.96. The highest BCUT2D eigenvalue weighted by molar-refractivity contribution is 5.23. The Morgan fingerprint density at radius 3 is 2.16 bits per heavy atom. The Morgan fingerprint density at radius 1 is 1.11 bits per heavy atom. The minimum absolute atomic E-state index is 0.000390. The van der Waals surface area contributed by atoms with Crippen LogP contribution in [0, 0.1) is 11.6 Å². The summed E-state index contributed by atoms with van der Waals surface area (Å²) < 4.78 is 27.2. The molecule has 0 amide bonds. The maximum absolute atomic E-state index is 13.6. The molecule has 1 aliphatic rings. The van der Waals surface area contributed by atoms with Gasteiger partial charge in [0, 0.05) is 44.3 Å². The van der Waals surface area contributed by atoms with Gasteiger partial charge in [-0.05, 0) is 18.7 Å². The average Bonchev–Trinajstić information content (AvgIpc) is 2.39. The fourth-order valence-electron chi connectivity index (χ4n) is 2.52. The molecule has 0 radical (unpaired) electrons. The minimum atomic E-state index is -0.616. The maximum Gasteiger partial charge on any atom is 0.130 e. The van der Waals surface area contributed by atoms with Crippen LogP contribution in [0.5, 0.6) is 0 Å². The molecule has 0 bridgehead atoms. The summed E-state index contributed by atoms with van der Waals surface area (Å²) in [5.41, 5.74) is 5.96. The van der Waals surface area contributed by atoms with Crippen molar-refractivity contribution in [2.45, 2.75) is 13.0 Å². The Bertz CT molecular complexity index is 397. The van der Waals surface area contributed by atoms with E-state index < -0.39 is 17.7 Å². The van der Waals surface area contributed by atoms with E-state index in [4.69, 9.17) is 5.73 Å². The summed E-state index contributed by atoms with van der Waals surface area (Å²) in [5.74, 6) is -1.11. The molecule has 1 atom stereocenters. The van der Waals surface area contributed by atoms with E-state index in [1.165, 1.54) is 18.2 Å². The van der Waals surface area contributed by atoms with Crippen LogP contribution in [0.15, 0.2) is 18.2 Å². The molecule has 1 aromatic rings. The molecular weight excluding hydrogens is 248 g/mol. The molecule has 1 saturated heterocycles. The van der Waals surface area contributed by atoms with Gasteiger partial charge in [-0.25, -0.2) is 8.78 Å². The zero-order valence-corrected chi connectivity index (χ0v) is 11.3. The summed E-state index contributed by atoms with van der Waals surface area (Å²) >= 11 is 0. The summed E-state index contributed by atoms with van der Waals surface area (Å²) in [6.45, 7) is 7.45. The van der Waals surface area contributed by atoms with Crippen molar-refractivity contribution in [3.63, 3.8) is 0 Å². The van der Waals surface area contributed by atoms with Crippen LogP contribution in [0.2, 0.25) is 0 Å². The van der Waals surface area contributed by atoms with E-state index in [-0.39, 0.29) is 5.56 Å². The molecule has 106 valence electrons. The molecule has 2 rings (SSSR count). The summed E-state index contributed by atoms with van der Waals surface area (Å²) in [4.78, 5) is 4.52. The van der Waals surface area contributed by atoms with Gasteiger partial charge in [-0.1, -0.05) is 13.0 Å². The van der Waals surface area contributed by atoms with E-state index in [9.17, 15) is 8.78 Å². The number of rotatable bonds is 4. The third kappa shape index (κ3) is 3.49. The third-order valence-corrected chi connectivity index (χ3v) is 3.74. The Hall–Kier alpha value is -1.04. The van der Waals surface area contributed by atoms with Crippen LogP contribution in [-0.4, -0.2) is 49.1 Å². The summed E-state index contributed by atoms with van der Waals surface area (Å²) in [6.07, 6.45) is 0. The fourth-order valence-corrected chi connectivity index (χ4v) is 2.52. The normalized spacial score (nSPS) is 19.6. The van der Waals surface area contributed by atoms with Crippen molar-refractivity contribution in [3.05, 3.63) is 35.4 Å². The van der Waals surface area contributed by atoms with Crippen LogP contribution in [0.3, 0.4) is 0 Å². The maximum atomic E-state index is 13.6. The molecule has 5 heteroatoms. The van der Waals surface area contributed by atoms with Gasteiger partial charge in [0.1, 0.15) is 11.6 Å². The quantitative estimate of drug-likeness (QED) is 0.901. The number of hydrogen-bond acceptors (Lipinski definition) is 3. The topological polar surface area (TPSA) is 32.5 Å². The molecule has 1 aromatic carbocycles. The molecule has 1 fully saturated rings. The van der Waals surface area contributed by atoms with Crippen LogP contribution in [0.25, 0.3) is 0 Å². The highest BCUT2D eigenvalue weighted by Crippen LogP contribution is 2.20. The second-order valence-corrected chi connectivity index (χ2v) is 4.98. The lowest BCUT2D eigenvalue weighted by Crippen LogP contribution is -2.48. The third-order valence-electron chi connectivity index (χ3n) is 3.74. The van der Waals surface area contributed by atoms with Crippen molar-refractivity contribution < 1.29 is 8.78 Å². The molecule has 2 N–H and O–H groups in total. The molecule has 19 heavy (non-hydrogen) atoms. The first kappa shape index (κ1) is 14.4. The van der Waals surface area contributed by atoms with E-state index in [2.05, 4.69) is 16.7 Å². The number of nitrogens with two attached hydrogens (primary N) is 1. The first-order valence-electron chi connectivity index (χ1n) is 6.76. The van der Waals surface area contributed by atoms with Crippen molar-refractivity contribution in [2.24, 2.45) is 5.73 Å². The van der Waals surface area contributed by atoms with Gasteiger partial charge in [-0.15, -0.1) is 0 Å². The van der Waals surface area contributed by atoms with Crippen molar-refractivity contribution in [3.8, 4) is 0 Å². The molecule has 1 aliphatic heterocycles. The van der Waals surface area contributed by atoms with Crippen LogP contribution in [0.1, 0.15) is 18.5 Å². The lowest BCUT2D eigenvalue weighted by atomic mass is 10.1. The Labute approximate surface area is 113 Å². The highest BCUT2D eigenvalue weighted by Gasteiger charge is 2.22. The van der Waals surface area contributed by atoms with Gasteiger partial charge in [-0.3, -0.25) is 4.90 Å². The lowest BCUT2D eigenvalue weighted by Gasteiger charge is -2.35. The standard InChI is InChI=1S/C14H21F2N3/c1-2-18-6-8-19(9-7-18)10-13(17)14-11(15)4-3-5-12(14)16/h3-5,13H,2,6-10,17H2,1H3. The number of hydrogen-bond donors (Lipinski definition) is 1. The van der Waals surface area contributed by atoms with E-state index in [1.54, 1.807) is 0 Å². The van der Waals surface area contributed by atoms with Gasteiger partial charge >= 0.3 is 0 Å². The fraction of sp³-hybridized carbons (Fsp3) is 0.571. The van der Waals surface area contributed by atoms with Crippen LogP contribution >= 0.6 is 0 Å². The molecule has 0 saturated carbocycles. The number of likely N-dealkylation sites (N-methyl/N-ethyl adjacent to an activating group) is 1. The lowest BCUT2D eigenvalue weighted by molar-refractivity contribution is 0.131. The van der Waals surface area contributed by atoms with Crippen molar-refractivity contribution in [1.29, 1.82) is 0 Å². The number of piperazine rings is 1. The van der Waals surface area contributed by atoms with E-state index >= 15 is 0 Å². The van der Waals surface area contributed by atoms with Gasteiger partial charge in [0.15, 0.2) is 0 Å². The van der Waals surface area contributed by atoms with Crippen LogP contribution < -0.4 is 5.73 Å². The SMILES string of the molecule is CCN1CCN(CC(N)c2c(F)cccc2F)CC1. The van der Waals surface area contributed by atoms with E-state index in [0.29, 0.717) is 6.54 Å². The second-order valence-electron chi connectivity index (χ2n) is 4.98. The van der Waals surface area contributed by atoms with Gasteiger partial charge in [-0.2, -0.15) is 0 Å². The number of nitrogens with zero attached hydrogens (tertiary/aromatic N) is 2. The molecular formula is C14H21F2N3. The van der Waals surface area contributed by atoms with Crippen LogP contribution in [0.4, 0.5) is 8.78 Å². The monoisotopic (exact) mass is 269 g/mol. The van der Waals surface area contributed by atoms with Gasteiger partial charge < -0.3 is 10.6 Å². The Morgan fingerprint density at radius 2 is 1.63 bits per heavy atom. The highest BCUT2D eigenvalue weighted by atomic mass is 19.1. The van der Waals surface area contributed by atoms with E-state index in [0.717, 1.165) is 32.7 Å². The number of halogens is 2. The molecule has 0 spiro atoms.